The predicted octanol–water partition coefficient (Wildman–Crippen LogP) is -1.04. The van der Waals surface area contributed by atoms with Crippen molar-refractivity contribution in [1.29, 1.82) is 0 Å². The van der Waals surface area contributed by atoms with E-state index in [0.29, 0.717) is 11.5 Å². The predicted molar refractivity (Wildman–Crippen MR) is 42.3 cm³/mol. The zero-order valence-corrected chi connectivity index (χ0v) is 7.06. The minimum absolute atomic E-state index is 0.517. The van der Waals surface area contributed by atoms with Crippen LogP contribution in [0, 0.1) is 0 Å². The molecular weight excluding hydrogens is 166 g/mol. The molecule has 1 saturated heterocycles. The summed E-state index contributed by atoms with van der Waals surface area (Å²) in [7, 11) is 1.26. The molecule has 0 bridgehead atoms. The van der Waals surface area contributed by atoms with Crippen LogP contribution in [-0.2, 0) is 9.53 Å². The standard InChI is InChI=1S/C6H11NO3S/c1-10-5(8)4(7)6(9)2-11-3-6/h4,9H,2-3,7H2,1H3. The maximum absolute atomic E-state index is 10.8. The first-order valence-corrected chi connectivity index (χ1v) is 4.39. The molecule has 1 atom stereocenters. The van der Waals surface area contributed by atoms with Crippen LogP contribution in [0.25, 0.3) is 0 Å². The molecule has 1 heterocycles. The smallest absolute Gasteiger partial charge is 0.325 e. The highest BCUT2D eigenvalue weighted by Gasteiger charge is 2.45. The van der Waals surface area contributed by atoms with Crippen molar-refractivity contribution in [3.63, 3.8) is 0 Å². The van der Waals surface area contributed by atoms with E-state index in [2.05, 4.69) is 4.74 Å². The number of hydrogen-bond donors (Lipinski definition) is 2. The Morgan fingerprint density at radius 1 is 1.82 bits per heavy atom. The molecule has 3 N–H and O–H groups in total. The van der Waals surface area contributed by atoms with Crippen molar-refractivity contribution in [1.82, 2.24) is 0 Å². The SMILES string of the molecule is COC(=O)C(N)C1(O)CSC1. The maximum Gasteiger partial charge on any atom is 0.325 e. The normalized spacial score (nSPS) is 23.5. The molecular formula is C6H11NO3S. The van der Waals surface area contributed by atoms with E-state index in [4.69, 9.17) is 5.73 Å². The van der Waals surface area contributed by atoms with Crippen LogP contribution in [0.3, 0.4) is 0 Å². The summed E-state index contributed by atoms with van der Waals surface area (Å²) in [6.07, 6.45) is 0. The topological polar surface area (TPSA) is 72.5 Å². The van der Waals surface area contributed by atoms with E-state index >= 15 is 0 Å². The zero-order valence-electron chi connectivity index (χ0n) is 6.24. The van der Waals surface area contributed by atoms with Crippen molar-refractivity contribution in [2.75, 3.05) is 18.6 Å². The van der Waals surface area contributed by atoms with E-state index in [9.17, 15) is 9.90 Å². The molecule has 0 spiro atoms. The number of aliphatic hydroxyl groups is 1. The summed E-state index contributed by atoms with van der Waals surface area (Å²) >= 11 is 1.56. The first-order valence-electron chi connectivity index (χ1n) is 3.24. The van der Waals surface area contributed by atoms with Gasteiger partial charge in [-0.05, 0) is 0 Å². The highest BCUT2D eigenvalue weighted by Crippen LogP contribution is 2.31. The van der Waals surface area contributed by atoms with Crippen molar-refractivity contribution in [2.45, 2.75) is 11.6 Å². The number of rotatable bonds is 2. The minimum atomic E-state index is -1.03. The second kappa shape index (κ2) is 3.00. The number of hydrogen-bond acceptors (Lipinski definition) is 5. The molecule has 11 heavy (non-hydrogen) atoms. The minimum Gasteiger partial charge on any atom is -0.468 e. The van der Waals surface area contributed by atoms with Gasteiger partial charge in [-0.1, -0.05) is 0 Å². The molecule has 0 aliphatic carbocycles. The molecule has 1 aliphatic rings. The van der Waals surface area contributed by atoms with Gasteiger partial charge in [-0.2, -0.15) is 11.8 Å². The van der Waals surface area contributed by atoms with Crippen molar-refractivity contribution >= 4 is 17.7 Å². The number of esters is 1. The van der Waals surface area contributed by atoms with E-state index < -0.39 is 17.6 Å². The summed E-state index contributed by atoms with van der Waals surface area (Å²) in [6, 6.07) is -0.895. The quantitative estimate of drug-likeness (QED) is 0.527. The van der Waals surface area contributed by atoms with Crippen LogP contribution in [0.4, 0.5) is 0 Å². The third-order valence-corrected chi connectivity index (χ3v) is 3.15. The summed E-state index contributed by atoms with van der Waals surface area (Å²) in [5, 5.41) is 9.53. The van der Waals surface area contributed by atoms with Gasteiger partial charge in [0.2, 0.25) is 0 Å². The van der Waals surface area contributed by atoms with Gasteiger partial charge in [-0.15, -0.1) is 0 Å². The van der Waals surface area contributed by atoms with Gasteiger partial charge in [-0.3, -0.25) is 4.79 Å². The zero-order chi connectivity index (χ0) is 8.48. The molecule has 0 aromatic carbocycles. The van der Waals surface area contributed by atoms with Crippen LogP contribution in [0.5, 0.6) is 0 Å². The Bertz CT molecular complexity index is 169. The summed E-state index contributed by atoms with van der Waals surface area (Å²) in [6.45, 7) is 0. The Balaban J connectivity index is 2.52. The Morgan fingerprint density at radius 3 is 2.64 bits per heavy atom. The highest BCUT2D eigenvalue weighted by atomic mass is 32.2. The first kappa shape index (κ1) is 8.83. The average Bonchev–Trinajstić information content (AvgIpc) is 1.97. The molecule has 0 aromatic heterocycles. The van der Waals surface area contributed by atoms with Crippen molar-refractivity contribution in [3.05, 3.63) is 0 Å². The molecule has 4 nitrogen and oxygen atoms in total. The fraction of sp³-hybridized carbons (Fsp3) is 0.833. The average molecular weight is 177 g/mol. The largest absolute Gasteiger partial charge is 0.468 e. The molecule has 64 valence electrons. The van der Waals surface area contributed by atoms with E-state index in [1.54, 1.807) is 11.8 Å². The lowest BCUT2D eigenvalue weighted by Gasteiger charge is -2.38. The van der Waals surface area contributed by atoms with E-state index in [-0.39, 0.29) is 0 Å². The maximum atomic E-state index is 10.8. The molecule has 0 aromatic rings. The van der Waals surface area contributed by atoms with Gasteiger partial charge in [0.1, 0.15) is 11.6 Å². The van der Waals surface area contributed by atoms with Gasteiger partial charge < -0.3 is 15.6 Å². The van der Waals surface area contributed by atoms with Crippen LogP contribution < -0.4 is 5.73 Å². The molecule has 0 saturated carbocycles. The van der Waals surface area contributed by atoms with Crippen LogP contribution in [0.2, 0.25) is 0 Å². The molecule has 1 unspecified atom stereocenters. The lowest BCUT2D eigenvalue weighted by Crippen LogP contribution is -2.61. The fourth-order valence-corrected chi connectivity index (χ4v) is 1.82. The van der Waals surface area contributed by atoms with Gasteiger partial charge >= 0.3 is 5.97 Å². The summed E-state index contributed by atoms with van der Waals surface area (Å²) in [5.74, 6) is 0.486. The highest BCUT2D eigenvalue weighted by molar-refractivity contribution is 8.00. The summed E-state index contributed by atoms with van der Waals surface area (Å²) < 4.78 is 4.40. The Labute approximate surface area is 69.1 Å². The second-order valence-corrected chi connectivity index (χ2v) is 3.58. The monoisotopic (exact) mass is 177 g/mol. The molecule has 5 heteroatoms. The van der Waals surface area contributed by atoms with Crippen molar-refractivity contribution in [2.24, 2.45) is 5.73 Å². The third kappa shape index (κ3) is 1.50. The Kier molecular flexibility index (Phi) is 2.41. The van der Waals surface area contributed by atoms with Gasteiger partial charge in [-0.25, -0.2) is 0 Å². The first-order chi connectivity index (χ1) is 5.10. The number of methoxy groups -OCH3 is 1. The second-order valence-electron chi connectivity index (χ2n) is 2.60. The molecule has 0 radical (unpaired) electrons. The van der Waals surface area contributed by atoms with Crippen LogP contribution >= 0.6 is 11.8 Å². The Hall–Kier alpha value is -0.260. The third-order valence-electron chi connectivity index (χ3n) is 1.74. The van der Waals surface area contributed by atoms with Crippen molar-refractivity contribution < 1.29 is 14.6 Å². The lowest BCUT2D eigenvalue weighted by molar-refractivity contribution is -0.147. The van der Waals surface area contributed by atoms with E-state index in [0.717, 1.165) is 0 Å². The number of thioether (sulfide) groups is 1. The van der Waals surface area contributed by atoms with Crippen molar-refractivity contribution in [3.8, 4) is 0 Å². The van der Waals surface area contributed by atoms with Crippen LogP contribution in [0.15, 0.2) is 0 Å². The Morgan fingerprint density at radius 2 is 2.36 bits per heavy atom. The van der Waals surface area contributed by atoms with Gasteiger partial charge in [0.25, 0.3) is 0 Å². The van der Waals surface area contributed by atoms with Crippen LogP contribution in [0.1, 0.15) is 0 Å². The van der Waals surface area contributed by atoms with Gasteiger partial charge in [0, 0.05) is 11.5 Å². The molecule has 1 rings (SSSR count). The van der Waals surface area contributed by atoms with E-state index in [1.807, 2.05) is 0 Å². The number of ether oxygens (including phenoxy) is 1. The van der Waals surface area contributed by atoms with Gasteiger partial charge in [0.05, 0.1) is 7.11 Å². The summed E-state index contributed by atoms with van der Waals surface area (Å²) in [5.41, 5.74) is 4.40. The molecule has 1 aliphatic heterocycles. The fourth-order valence-electron chi connectivity index (χ4n) is 0.837. The number of nitrogens with two attached hydrogens (primary N) is 1. The van der Waals surface area contributed by atoms with Crippen LogP contribution in [-0.4, -0.2) is 41.3 Å². The van der Waals surface area contributed by atoms with E-state index in [1.165, 1.54) is 7.11 Å². The number of carbonyl (C=O) groups excluding carboxylic acids is 1. The summed E-state index contributed by atoms with van der Waals surface area (Å²) in [4.78, 5) is 10.8. The lowest BCUT2D eigenvalue weighted by atomic mass is 9.99. The molecule has 0 amide bonds. The number of carbonyl (C=O) groups is 1. The molecule has 1 fully saturated rings. The van der Waals surface area contributed by atoms with Gasteiger partial charge in [0.15, 0.2) is 0 Å².